The van der Waals surface area contributed by atoms with Gasteiger partial charge in [0.25, 0.3) is 5.91 Å². The van der Waals surface area contributed by atoms with Crippen molar-refractivity contribution in [3.63, 3.8) is 0 Å². The minimum absolute atomic E-state index is 0.148. The van der Waals surface area contributed by atoms with Crippen LogP contribution in [0.4, 0.5) is 4.79 Å². The van der Waals surface area contributed by atoms with E-state index in [9.17, 15) is 9.59 Å². The molecule has 0 spiro atoms. The Hall–Kier alpha value is -2.28. The zero-order valence-corrected chi connectivity index (χ0v) is 14.9. The smallest absolute Gasteiger partial charge is 0.325 e. The Bertz CT molecular complexity index is 650. The lowest BCUT2D eigenvalue weighted by Gasteiger charge is -2.34. The minimum atomic E-state index is -0.831. The monoisotopic (exact) mass is 347 g/mol. The summed E-state index contributed by atoms with van der Waals surface area (Å²) in [7, 11) is 3.14. The van der Waals surface area contributed by atoms with Gasteiger partial charge in [-0.25, -0.2) is 4.79 Å². The molecule has 1 aromatic carbocycles. The molecule has 1 aromatic rings. The van der Waals surface area contributed by atoms with Crippen LogP contribution < -0.4 is 20.1 Å². The van der Waals surface area contributed by atoms with Crippen molar-refractivity contribution in [3.8, 4) is 11.5 Å². The lowest BCUT2D eigenvalue weighted by molar-refractivity contribution is -0.133. The lowest BCUT2D eigenvalue weighted by Crippen LogP contribution is -2.53. The maximum Gasteiger partial charge on any atom is 0.325 e. The molecule has 2 aliphatic heterocycles. The highest BCUT2D eigenvalue weighted by atomic mass is 16.5. The summed E-state index contributed by atoms with van der Waals surface area (Å²) in [6.45, 7) is 3.78. The van der Waals surface area contributed by atoms with Crippen molar-refractivity contribution >= 4 is 11.9 Å². The van der Waals surface area contributed by atoms with Crippen molar-refractivity contribution in [2.75, 3.05) is 27.3 Å². The van der Waals surface area contributed by atoms with Crippen LogP contribution in [-0.2, 0) is 11.3 Å². The van der Waals surface area contributed by atoms with Crippen LogP contribution in [0.1, 0.15) is 25.3 Å². The van der Waals surface area contributed by atoms with Crippen molar-refractivity contribution in [2.45, 2.75) is 31.8 Å². The number of amides is 3. The molecule has 0 aromatic heterocycles. The van der Waals surface area contributed by atoms with Gasteiger partial charge in [0.15, 0.2) is 0 Å². The van der Waals surface area contributed by atoms with Gasteiger partial charge in [0, 0.05) is 6.07 Å². The Labute approximate surface area is 147 Å². The van der Waals surface area contributed by atoms with Gasteiger partial charge in [-0.2, -0.15) is 0 Å². The summed E-state index contributed by atoms with van der Waals surface area (Å²) in [6, 6.07) is 5.04. The molecule has 2 saturated heterocycles. The van der Waals surface area contributed by atoms with E-state index in [0.717, 1.165) is 31.5 Å². The van der Waals surface area contributed by atoms with Gasteiger partial charge >= 0.3 is 6.03 Å². The average Bonchev–Trinajstić information content (AvgIpc) is 2.86. The molecular formula is C18H25N3O4. The molecule has 0 radical (unpaired) electrons. The van der Waals surface area contributed by atoms with Gasteiger partial charge in [-0.05, 0) is 56.5 Å². The van der Waals surface area contributed by atoms with Crippen molar-refractivity contribution in [2.24, 2.45) is 5.92 Å². The maximum atomic E-state index is 13.0. The van der Waals surface area contributed by atoms with Gasteiger partial charge in [0.1, 0.15) is 17.0 Å². The van der Waals surface area contributed by atoms with E-state index < -0.39 is 5.54 Å². The molecule has 7 nitrogen and oxygen atoms in total. The molecular weight excluding hydrogens is 322 g/mol. The van der Waals surface area contributed by atoms with Crippen LogP contribution >= 0.6 is 0 Å². The first-order valence-electron chi connectivity index (χ1n) is 8.54. The van der Waals surface area contributed by atoms with Gasteiger partial charge in [-0.15, -0.1) is 0 Å². The predicted molar refractivity (Wildman–Crippen MR) is 92.6 cm³/mol. The molecule has 2 aliphatic rings. The topological polar surface area (TPSA) is 79.9 Å². The van der Waals surface area contributed by atoms with E-state index in [2.05, 4.69) is 10.6 Å². The first kappa shape index (κ1) is 17.5. The first-order valence-corrected chi connectivity index (χ1v) is 8.54. The van der Waals surface area contributed by atoms with E-state index in [1.165, 1.54) is 4.90 Å². The molecule has 7 heteroatoms. The SMILES string of the molecule is COc1cc(CN2C(=O)NC(C)(C3CCNCC3)C2=O)cc(OC)c1. The van der Waals surface area contributed by atoms with E-state index in [-0.39, 0.29) is 24.4 Å². The number of rotatable bonds is 5. The van der Waals surface area contributed by atoms with E-state index >= 15 is 0 Å². The Morgan fingerprint density at radius 3 is 2.28 bits per heavy atom. The standard InChI is InChI=1S/C18H25N3O4/c1-18(13-4-6-19-7-5-13)16(22)21(17(23)20-18)11-12-8-14(24-2)10-15(9-12)25-3/h8-10,13,19H,4-7,11H2,1-3H3,(H,20,23). The molecule has 0 bridgehead atoms. The second-order valence-corrected chi connectivity index (χ2v) is 6.77. The van der Waals surface area contributed by atoms with Crippen molar-refractivity contribution in [1.82, 2.24) is 15.5 Å². The fraction of sp³-hybridized carbons (Fsp3) is 0.556. The van der Waals surface area contributed by atoms with Gasteiger partial charge < -0.3 is 20.1 Å². The molecule has 2 heterocycles. The van der Waals surface area contributed by atoms with Gasteiger partial charge in [0.2, 0.25) is 0 Å². The predicted octanol–water partition coefficient (Wildman–Crippen LogP) is 1.51. The fourth-order valence-electron chi connectivity index (χ4n) is 3.68. The summed E-state index contributed by atoms with van der Waals surface area (Å²) in [5, 5.41) is 6.22. The van der Waals surface area contributed by atoms with Crippen LogP contribution in [0.15, 0.2) is 18.2 Å². The molecule has 0 aliphatic carbocycles. The lowest BCUT2D eigenvalue weighted by atomic mass is 9.79. The highest BCUT2D eigenvalue weighted by molar-refractivity contribution is 6.07. The van der Waals surface area contributed by atoms with E-state index in [1.54, 1.807) is 20.3 Å². The second-order valence-electron chi connectivity index (χ2n) is 6.77. The van der Waals surface area contributed by atoms with E-state index in [0.29, 0.717) is 11.5 Å². The Balaban J connectivity index is 1.81. The van der Waals surface area contributed by atoms with Crippen LogP contribution in [0, 0.1) is 5.92 Å². The number of methoxy groups -OCH3 is 2. The highest BCUT2D eigenvalue weighted by Gasteiger charge is 2.52. The fourth-order valence-corrected chi connectivity index (χ4v) is 3.68. The van der Waals surface area contributed by atoms with Crippen LogP contribution in [0.25, 0.3) is 0 Å². The van der Waals surface area contributed by atoms with Crippen molar-refractivity contribution in [1.29, 1.82) is 0 Å². The Morgan fingerprint density at radius 2 is 1.72 bits per heavy atom. The number of imide groups is 1. The quantitative estimate of drug-likeness (QED) is 0.790. The van der Waals surface area contributed by atoms with E-state index in [1.807, 2.05) is 19.1 Å². The van der Waals surface area contributed by atoms with Gasteiger partial charge in [0.05, 0.1) is 20.8 Å². The van der Waals surface area contributed by atoms with Crippen LogP contribution in [0.5, 0.6) is 11.5 Å². The molecule has 3 amide bonds. The summed E-state index contributed by atoms with van der Waals surface area (Å²) >= 11 is 0. The summed E-state index contributed by atoms with van der Waals surface area (Å²) in [5.74, 6) is 1.24. The zero-order chi connectivity index (χ0) is 18.0. The first-order chi connectivity index (χ1) is 12.0. The second kappa shape index (κ2) is 6.92. The Morgan fingerprint density at radius 1 is 1.12 bits per heavy atom. The van der Waals surface area contributed by atoms with E-state index in [4.69, 9.17) is 9.47 Å². The van der Waals surface area contributed by atoms with Crippen LogP contribution in [-0.4, -0.2) is 49.7 Å². The molecule has 25 heavy (non-hydrogen) atoms. The number of urea groups is 1. The molecule has 136 valence electrons. The normalized spacial score (nSPS) is 24.4. The molecule has 2 N–H and O–H groups in total. The summed E-state index contributed by atoms with van der Waals surface area (Å²) < 4.78 is 10.5. The minimum Gasteiger partial charge on any atom is -0.497 e. The number of hydrogen-bond donors (Lipinski definition) is 2. The summed E-state index contributed by atoms with van der Waals surface area (Å²) in [5.41, 5.74) is -0.0449. The zero-order valence-electron chi connectivity index (χ0n) is 14.9. The number of nitrogens with one attached hydrogen (secondary N) is 2. The molecule has 1 atom stereocenters. The summed E-state index contributed by atoms with van der Waals surface area (Å²) in [6.07, 6.45) is 1.76. The van der Waals surface area contributed by atoms with Crippen molar-refractivity contribution in [3.05, 3.63) is 23.8 Å². The van der Waals surface area contributed by atoms with Crippen LogP contribution in [0.3, 0.4) is 0 Å². The molecule has 2 fully saturated rings. The maximum absolute atomic E-state index is 13.0. The third-order valence-electron chi connectivity index (χ3n) is 5.21. The van der Waals surface area contributed by atoms with Gasteiger partial charge in [-0.1, -0.05) is 0 Å². The summed E-state index contributed by atoms with van der Waals surface area (Å²) in [4.78, 5) is 26.8. The molecule has 1 unspecified atom stereocenters. The van der Waals surface area contributed by atoms with Gasteiger partial charge in [-0.3, -0.25) is 9.69 Å². The average molecular weight is 347 g/mol. The number of nitrogens with zero attached hydrogens (tertiary/aromatic N) is 1. The molecule has 3 rings (SSSR count). The number of ether oxygens (including phenoxy) is 2. The number of piperidine rings is 1. The Kier molecular flexibility index (Phi) is 4.85. The number of carbonyl (C=O) groups excluding carboxylic acids is 2. The third-order valence-corrected chi connectivity index (χ3v) is 5.21. The largest absolute Gasteiger partial charge is 0.497 e. The number of carbonyl (C=O) groups is 2. The number of hydrogen-bond acceptors (Lipinski definition) is 5. The van der Waals surface area contributed by atoms with Crippen molar-refractivity contribution < 1.29 is 19.1 Å². The number of benzene rings is 1. The highest BCUT2D eigenvalue weighted by Crippen LogP contribution is 2.33. The molecule has 0 saturated carbocycles. The van der Waals surface area contributed by atoms with Crippen LogP contribution in [0.2, 0.25) is 0 Å². The third kappa shape index (κ3) is 3.28.